The van der Waals surface area contributed by atoms with Crippen LogP contribution in [0.1, 0.15) is 20.8 Å². The van der Waals surface area contributed by atoms with E-state index in [1.807, 2.05) is 42.7 Å². The maximum Gasteiger partial charge on any atom is 0.242 e. The number of hydrogen-bond donors (Lipinski definition) is 1. The van der Waals surface area contributed by atoms with E-state index in [-0.39, 0.29) is 18.5 Å². The first kappa shape index (κ1) is 16.3. The summed E-state index contributed by atoms with van der Waals surface area (Å²) in [5.41, 5.74) is 0.529. The molecule has 1 aliphatic rings. The van der Waals surface area contributed by atoms with E-state index in [1.54, 1.807) is 6.08 Å². The number of nitriles is 1. The van der Waals surface area contributed by atoms with Gasteiger partial charge in [-0.15, -0.1) is 0 Å². The Hall–Kier alpha value is -1.80. The third-order valence-corrected chi connectivity index (χ3v) is 3.27. The van der Waals surface area contributed by atoms with E-state index in [4.69, 9.17) is 0 Å². The molecule has 0 unspecified atom stereocenters. The molecule has 1 saturated heterocycles. The molecule has 1 aliphatic heterocycles. The summed E-state index contributed by atoms with van der Waals surface area (Å²) in [4.78, 5) is 16.0. The fraction of sp³-hybridized carbons (Fsp3) is 0.600. The predicted octanol–water partition coefficient (Wildman–Crippen LogP) is 1.11. The van der Waals surface area contributed by atoms with Gasteiger partial charge in [0.15, 0.2) is 0 Å². The van der Waals surface area contributed by atoms with Gasteiger partial charge in [-0.05, 0) is 26.8 Å². The lowest BCUT2D eigenvalue weighted by Crippen LogP contribution is -2.50. The summed E-state index contributed by atoms with van der Waals surface area (Å²) in [5.74, 6) is 0.0850. The first-order valence-corrected chi connectivity index (χ1v) is 7.08. The minimum Gasteiger partial charge on any atom is -0.351 e. The Balaban J connectivity index is 2.76. The predicted molar refractivity (Wildman–Crippen MR) is 79.8 cm³/mol. The summed E-state index contributed by atoms with van der Waals surface area (Å²) < 4.78 is 0. The van der Waals surface area contributed by atoms with Crippen LogP contribution in [0.2, 0.25) is 0 Å². The van der Waals surface area contributed by atoms with Gasteiger partial charge in [0.1, 0.15) is 11.8 Å². The molecule has 1 rings (SSSR count). The fourth-order valence-electron chi connectivity index (χ4n) is 2.09. The van der Waals surface area contributed by atoms with Crippen molar-refractivity contribution in [2.24, 2.45) is 0 Å². The molecule has 1 heterocycles. The van der Waals surface area contributed by atoms with Crippen LogP contribution in [-0.4, -0.2) is 54.5 Å². The van der Waals surface area contributed by atoms with Gasteiger partial charge < -0.3 is 15.1 Å². The second kappa shape index (κ2) is 8.39. The smallest absolute Gasteiger partial charge is 0.242 e. The molecule has 1 N–H and O–H groups in total. The summed E-state index contributed by atoms with van der Waals surface area (Å²) in [6, 6.07) is 2.29. The maximum atomic E-state index is 12.3. The van der Waals surface area contributed by atoms with E-state index < -0.39 is 0 Å². The van der Waals surface area contributed by atoms with Crippen LogP contribution in [0.4, 0.5) is 0 Å². The highest BCUT2D eigenvalue weighted by molar-refractivity contribution is 5.78. The standard InChI is InChI=1S/C15H24N4O/c1-4-5-6-14(11-16)19(13(2)3)12-15(20)18-9-7-17-8-10-18/h4-6,13,17H,7-10,12H2,1-3H3/b5-4-,14-6-. The molecule has 0 aromatic heterocycles. The quantitative estimate of drug-likeness (QED) is 0.604. The molecule has 0 atom stereocenters. The third kappa shape index (κ3) is 4.71. The zero-order valence-corrected chi connectivity index (χ0v) is 12.6. The first-order valence-electron chi connectivity index (χ1n) is 7.08. The number of amides is 1. The Morgan fingerprint density at radius 3 is 2.60 bits per heavy atom. The van der Waals surface area contributed by atoms with Gasteiger partial charge in [-0.25, -0.2) is 0 Å². The maximum absolute atomic E-state index is 12.3. The highest BCUT2D eigenvalue weighted by Crippen LogP contribution is 2.10. The zero-order valence-electron chi connectivity index (χ0n) is 12.6. The lowest BCUT2D eigenvalue weighted by Gasteiger charge is -2.32. The molecule has 5 nitrogen and oxygen atoms in total. The second-order valence-electron chi connectivity index (χ2n) is 5.04. The fourth-order valence-corrected chi connectivity index (χ4v) is 2.09. The highest BCUT2D eigenvalue weighted by Gasteiger charge is 2.21. The molecule has 0 saturated carbocycles. The molecule has 0 aromatic carbocycles. The summed E-state index contributed by atoms with van der Waals surface area (Å²) >= 11 is 0. The van der Waals surface area contributed by atoms with Crippen molar-refractivity contribution < 1.29 is 4.79 Å². The van der Waals surface area contributed by atoms with Gasteiger partial charge in [-0.3, -0.25) is 4.79 Å². The highest BCUT2D eigenvalue weighted by atomic mass is 16.2. The summed E-state index contributed by atoms with van der Waals surface area (Å²) in [6.45, 7) is 9.31. The molecule has 0 aromatic rings. The van der Waals surface area contributed by atoms with E-state index in [2.05, 4.69) is 11.4 Å². The monoisotopic (exact) mass is 276 g/mol. The number of nitrogens with zero attached hydrogens (tertiary/aromatic N) is 3. The lowest BCUT2D eigenvalue weighted by atomic mass is 10.2. The van der Waals surface area contributed by atoms with E-state index in [1.165, 1.54) is 0 Å². The van der Waals surface area contributed by atoms with E-state index >= 15 is 0 Å². The van der Waals surface area contributed by atoms with Gasteiger partial charge in [-0.2, -0.15) is 5.26 Å². The molecule has 0 aliphatic carbocycles. The van der Waals surface area contributed by atoms with Crippen molar-refractivity contribution in [1.29, 1.82) is 5.26 Å². The topological polar surface area (TPSA) is 59.4 Å². The normalized spacial score (nSPS) is 16.6. The molecule has 0 spiro atoms. The van der Waals surface area contributed by atoms with Gasteiger partial charge >= 0.3 is 0 Å². The van der Waals surface area contributed by atoms with Gasteiger partial charge in [0.05, 0.1) is 6.54 Å². The Morgan fingerprint density at radius 2 is 2.10 bits per heavy atom. The minimum atomic E-state index is 0.0850. The third-order valence-electron chi connectivity index (χ3n) is 3.27. The molecule has 20 heavy (non-hydrogen) atoms. The van der Waals surface area contributed by atoms with Crippen LogP contribution >= 0.6 is 0 Å². The number of hydrogen-bond acceptors (Lipinski definition) is 4. The van der Waals surface area contributed by atoms with Crippen molar-refractivity contribution >= 4 is 5.91 Å². The van der Waals surface area contributed by atoms with Crippen LogP contribution in [0.25, 0.3) is 0 Å². The largest absolute Gasteiger partial charge is 0.351 e. The Labute approximate surface area is 121 Å². The zero-order chi connectivity index (χ0) is 15.0. The van der Waals surface area contributed by atoms with Crippen molar-refractivity contribution in [1.82, 2.24) is 15.1 Å². The van der Waals surface area contributed by atoms with Gasteiger partial charge in [0, 0.05) is 32.2 Å². The van der Waals surface area contributed by atoms with Crippen molar-refractivity contribution in [3.63, 3.8) is 0 Å². The average molecular weight is 276 g/mol. The summed E-state index contributed by atoms with van der Waals surface area (Å²) in [5, 5.41) is 12.5. The molecule has 1 fully saturated rings. The molecule has 5 heteroatoms. The molecule has 110 valence electrons. The van der Waals surface area contributed by atoms with Crippen LogP contribution in [0.15, 0.2) is 23.9 Å². The molecule has 0 bridgehead atoms. The SMILES string of the molecule is C/C=C\C=C(\C#N)N(CC(=O)N1CCNCC1)C(C)C. The number of allylic oxidation sites excluding steroid dienone is 4. The molecule has 0 radical (unpaired) electrons. The van der Waals surface area contributed by atoms with Gasteiger partial charge in [0.25, 0.3) is 0 Å². The number of piperazine rings is 1. The summed E-state index contributed by atoms with van der Waals surface area (Å²) in [6.07, 6.45) is 5.45. The van der Waals surface area contributed by atoms with Crippen LogP contribution in [0.3, 0.4) is 0 Å². The van der Waals surface area contributed by atoms with Crippen LogP contribution < -0.4 is 5.32 Å². The molecule has 1 amide bonds. The number of nitrogens with one attached hydrogen (secondary N) is 1. The Morgan fingerprint density at radius 1 is 1.45 bits per heavy atom. The average Bonchev–Trinajstić information content (AvgIpc) is 2.47. The van der Waals surface area contributed by atoms with Crippen molar-refractivity contribution in [2.45, 2.75) is 26.8 Å². The number of rotatable bonds is 5. The van der Waals surface area contributed by atoms with E-state index in [0.29, 0.717) is 5.70 Å². The van der Waals surface area contributed by atoms with E-state index in [9.17, 15) is 10.1 Å². The Bertz CT molecular complexity index is 414. The van der Waals surface area contributed by atoms with Crippen molar-refractivity contribution in [3.8, 4) is 6.07 Å². The lowest BCUT2D eigenvalue weighted by molar-refractivity contribution is -0.132. The number of carbonyl (C=O) groups excluding carboxylic acids is 1. The minimum absolute atomic E-state index is 0.0850. The second-order valence-corrected chi connectivity index (χ2v) is 5.04. The first-order chi connectivity index (χ1) is 9.60. The number of carbonyl (C=O) groups is 1. The van der Waals surface area contributed by atoms with Crippen LogP contribution in [0.5, 0.6) is 0 Å². The van der Waals surface area contributed by atoms with Crippen LogP contribution in [0, 0.1) is 11.3 Å². The van der Waals surface area contributed by atoms with Crippen LogP contribution in [-0.2, 0) is 4.79 Å². The van der Waals surface area contributed by atoms with Gasteiger partial charge in [0.2, 0.25) is 5.91 Å². The van der Waals surface area contributed by atoms with Gasteiger partial charge in [-0.1, -0.05) is 12.2 Å². The van der Waals surface area contributed by atoms with Crippen molar-refractivity contribution in [2.75, 3.05) is 32.7 Å². The van der Waals surface area contributed by atoms with E-state index in [0.717, 1.165) is 26.2 Å². The molecular formula is C15H24N4O. The summed E-state index contributed by atoms with van der Waals surface area (Å²) in [7, 11) is 0. The molecular weight excluding hydrogens is 252 g/mol. The Kier molecular flexibility index (Phi) is 6.82. The van der Waals surface area contributed by atoms with Crippen molar-refractivity contribution in [3.05, 3.63) is 23.9 Å².